The van der Waals surface area contributed by atoms with Gasteiger partial charge in [0.15, 0.2) is 6.23 Å². The van der Waals surface area contributed by atoms with Crippen molar-refractivity contribution in [2.75, 3.05) is 13.2 Å². The van der Waals surface area contributed by atoms with Gasteiger partial charge in [0, 0.05) is 30.0 Å². The fourth-order valence-electron chi connectivity index (χ4n) is 5.85. The number of carbonyl (C=O) groups excluding carboxylic acids is 1. The highest BCUT2D eigenvalue weighted by molar-refractivity contribution is 6.00. The van der Waals surface area contributed by atoms with Crippen LogP contribution in [0, 0.1) is 5.95 Å². The monoisotopic (exact) mass is 666 g/mol. The molecule has 1 N–H and O–H groups in total. The summed E-state index contributed by atoms with van der Waals surface area (Å²) in [7, 11) is 0. The molecule has 2 aromatic heterocycles. The van der Waals surface area contributed by atoms with Gasteiger partial charge in [-0.3, -0.25) is 0 Å². The molecule has 1 unspecified atom stereocenters. The Hall–Kier alpha value is -4.45. The first-order valence-electron chi connectivity index (χ1n) is 16.0. The average molecular weight is 667 g/mol. The van der Waals surface area contributed by atoms with Crippen molar-refractivity contribution in [1.82, 2.24) is 20.1 Å². The molecule has 2 fully saturated rings. The van der Waals surface area contributed by atoms with E-state index < -0.39 is 42.0 Å². The quantitative estimate of drug-likeness (QED) is 0.142. The fourth-order valence-corrected chi connectivity index (χ4v) is 5.85. The Morgan fingerprint density at radius 2 is 1.77 bits per heavy atom. The zero-order valence-electron chi connectivity index (χ0n) is 27.1. The number of allylic oxidation sites excluding steroid dienone is 1. The summed E-state index contributed by atoms with van der Waals surface area (Å²) in [5.74, 6) is -0.511. The number of rotatable bonds is 9. The Bertz CT molecular complexity index is 1790. The molecule has 1 aliphatic carbocycles. The number of benzene rings is 2. The van der Waals surface area contributed by atoms with E-state index in [9.17, 15) is 18.0 Å². The highest BCUT2D eigenvalue weighted by atomic mass is 19.4. The molecule has 2 aliphatic rings. The second-order valence-corrected chi connectivity index (χ2v) is 13.4. The molecule has 12 heteroatoms. The largest absolute Gasteiger partial charge is 0.473 e. The number of pyridine rings is 1. The van der Waals surface area contributed by atoms with Crippen LogP contribution >= 0.6 is 0 Å². The van der Waals surface area contributed by atoms with Gasteiger partial charge in [0.25, 0.3) is 0 Å². The molecule has 8 nitrogen and oxygen atoms in total. The summed E-state index contributed by atoms with van der Waals surface area (Å²) >= 11 is 0. The van der Waals surface area contributed by atoms with Crippen molar-refractivity contribution in [1.29, 1.82) is 0 Å². The number of alkyl carbamates (subject to hydrolysis) is 1. The minimum atomic E-state index is -4.54. The molecule has 1 aliphatic heterocycles. The van der Waals surface area contributed by atoms with Crippen LogP contribution in [0.4, 0.5) is 22.4 Å². The highest BCUT2D eigenvalue weighted by Gasteiger charge is 2.48. The van der Waals surface area contributed by atoms with Gasteiger partial charge in [-0.05, 0) is 93.3 Å². The molecule has 6 rings (SSSR count). The smallest absolute Gasteiger partial charge is 0.408 e. The molecule has 1 atom stereocenters. The molecule has 3 heterocycles. The summed E-state index contributed by atoms with van der Waals surface area (Å²) < 4.78 is 76.7. The number of hydrogen-bond donors (Lipinski definition) is 1. The first kappa shape index (κ1) is 33.5. The Labute approximate surface area is 276 Å². The minimum absolute atomic E-state index is 0.0107. The number of hydrogen-bond acceptors (Lipinski definition) is 6. The Morgan fingerprint density at radius 1 is 1.02 bits per heavy atom. The molecule has 254 valence electrons. The number of alkyl halides is 3. The van der Waals surface area contributed by atoms with Crippen LogP contribution in [-0.4, -0.2) is 51.4 Å². The van der Waals surface area contributed by atoms with Gasteiger partial charge in [-0.25, -0.2) is 14.5 Å². The van der Waals surface area contributed by atoms with Crippen LogP contribution in [0.1, 0.15) is 82.2 Å². The maximum Gasteiger partial charge on any atom is 0.408 e. The molecule has 1 amide bonds. The van der Waals surface area contributed by atoms with Crippen molar-refractivity contribution in [3.05, 3.63) is 89.5 Å². The van der Waals surface area contributed by atoms with Gasteiger partial charge in [0.2, 0.25) is 11.8 Å². The molecule has 0 spiro atoms. The predicted molar refractivity (Wildman–Crippen MR) is 173 cm³/mol. The second-order valence-electron chi connectivity index (χ2n) is 13.4. The van der Waals surface area contributed by atoms with Crippen LogP contribution < -0.4 is 10.1 Å². The van der Waals surface area contributed by atoms with Crippen molar-refractivity contribution in [2.24, 2.45) is 0 Å². The van der Waals surface area contributed by atoms with E-state index in [1.165, 1.54) is 16.9 Å². The van der Waals surface area contributed by atoms with Crippen LogP contribution in [0.15, 0.2) is 66.9 Å². The molecule has 2 aromatic carbocycles. The molecule has 48 heavy (non-hydrogen) atoms. The fraction of sp³-hybridized carbons (Fsp3) is 0.417. The zero-order valence-corrected chi connectivity index (χ0v) is 27.1. The minimum Gasteiger partial charge on any atom is -0.473 e. The summed E-state index contributed by atoms with van der Waals surface area (Å²) in [6.45, 7) is 6.18. The number of halogens is 4. The summed E-state index contributed by atoms with van der Waals surface area (Å²) in [5.41, 5.74) is 0.669. The lowest BCUT2D eigenvalue weighted by Gasteiger charge is -2.23. The third-order valence-electron chi connectivity index (χ3n) is 8.28. The number of aromatic nitrogens is 3. The van der Waals surface area contributed by atoms with Crippen LogP contribution in [0.3, 0.4) is 0 Å². The number of ether oxygens (including phenoxy) is 3. The average Bonchev–Trinajstić information content (AvgIpc) is 3.72. The summed E-state index contributed by atoms with van der Waals surface area (Å²) in [4.78, 5) is 16.7. The van der Waals surface area contributed by atoms with Gasteiger partial charge in [-0.1, -0.05) is 36.4 Å². The number of nitrogens with zero attached hydrogens (tertiary/aromatic N) is 3. The molecular weight excluding hydrogens is 628 g/mol. The maximum absolute atomic E-state index is 15.4. The van der Waals surface area contributed by atoms with E-state index in [1.54, 1.807) is 54.6 Å². The Kier molecular flexibility index (Phi) is 9.21. The van der Waals surface area contributed by atoms with Crippen LogP contribution in [0.5, 0.6) is 5.88 Å². The first-order chi connectivity index (χ1) is 22.8. The van der Waals surface area contributed by atoms with Crippen molar-refractivity contribution >= 4 is 28.1 Å². The molecule has 1 saturated carbocycles. The van der Waals surface area contributed by atoms with Gasteiger partial charge in [-0.2, -0.15) is 17.6 Å². The van der Waals surface area contributed by atoms with Gasteiger partial charge in [0.1, 0.15) is 12.2 Å². The molecule has 0 bridgehead atoms. The third-order valence-corrected chi connectivity index (χ3v) is 8.28. The van der Waals surface area contributed by atoms with Crippen molar-refractivity contribution in [3.8, 4) is 5.88 Å². The molecule has 0 radical (unpaired) electrons. The molecular formula is C36H38F4N4O4. The van der Waals surface area contributed by atoms with E-state index in [4.69, 9.17) is 14.2 Å². The number of fused-ring (bicyclic) bond motifs is 1. The zero-order chi connectivity index (χ0) is 34.1. The van der Waals surface area contributed by atoms with Crippen LogP contribution in [0.2, 0.25) is 0 Å². The van der Waals surface area contributed by atoms with Gasteiger partial charge in [0.05, 0.1) is 17.3 Å². The molecule has 4 aromatic rings. The standard InChI is InChI=1S/C36H38F4N4O4/c1-34(2,3)42-33(45)48-35(16-17-35)22-47-29-15-13-25(21-41-29)31(27(20-36(38,39)40)23-9-5-4-6-10-23)24-12-14-28-26(19-24)32(37)43-44(28)30-11-7-8-18-46-30/h4-6,9-10,12-15,19,21,30H,7-8,11,16-18,20,22H2,1-3H3,(H,42,45)/b31-27-. The summed E-state index contributed by atoms with van der Waals surface area (Å²) in [6.07, 6.45) is -1.48. The van der Waals surface area contributed by atoms with Crippen molar-refractivity contribution in [2.45, 2.75) is 82.8 Å². The number of amides is 1. The van der Waals surface area contributed by atoms with Gasteiger partial charge in [-0.15, -0.1) is 5.10 Å². The lowest BCUT2D eigenvalue weighted by atomic mass is 9.88. The molecule has 1 saturated heterocycles. The normalized spacial score (nSPS) is 18.3. The highest BCUT2D eigenvalue weighted by Crippen LogP contribution is 2.42. The van der Waals surface area contributed by atoms with E-state index in [0.29, 0.717) is 48.1 Å². The third kappa shape index (κ3) is 7.98. The van der Waals surface area contributed by atoms with Crippen molar-refractivity contribution in [3.63, 3.8) is 0 Å². The van der Waals surface area contributed by atoms with E-state index in [0.717, 1.165) is 12.8 Å². The number of nitrogens with one attached hydrogen (secondary N) is 1. The second kappa shape index (κ2) is 13.2. The first-order valence-corrected chi connectivity index (χ1v) is 16.0. The SMILES string of the molecule is CC(C)(C)NC(=O)OC1(COc2ccc(/C(=C(/CC(F)(F)F)c3ccccc3)c3ccc4c(c3)c(F)nn4C3CCCCO3)cn2)CC1. The van der Waals surface area contributed by atoms with Crippen molar-refractivity contribution < 1.29 is 36.6 Å². The summed E-state index contributed by atoms with van der Waals surface area (Å²) in [5, 5.41) is 7.05. The lowest BCUT2D eigenvalue weighted by molar-refractivity contribution is -0.122. The number of carbonyl (C=O) groups is 1. The maximum atomic E-state index is 15.4. The van der Waals surface area contributed by atoms with Gasteiger partial charge >= 0.3 is 12.3 Å². The van der Waals surface area contributed by atoms with Crippen LogP contribution in [0.25, 0.3) is 22.0 Å². The predicted octanol–water partition coefficient (Wildman–Crippen LogP) is 8.62. The van der Waals surface area contributed by atoms with Gasteiger partial charge < -0.3 is 19.5 Å². The Morgan fingerprint density at radius 3 is 2.40 bits per heavy atom. The Balaban J connectivity index is 1.36. The van der Waals surface area contributed by atoms with E-state index in [1.807, 2.05) is 20.8 Å². The van der Waals surface area contributed by atoms with E-state index in [-0.39, 0.29) is 29.0 Å². The topological polar surface area (TPSA) is 87.5 Å². The van der Waals surface area contributed by atoms with Crippen LogP contribution in [-0.2, 0) is 9.47 Å². The van der Waals surface area contributed by atoms with E-state index in [2.05, 4.69) is 15.4 Å². The van der Waals surface area contributed by atoms with E-state index >= 15 is 4.39 Å². The summed E-state index contributed by atoms with van der Waals surface area (Å²) in [6, 6.07) is 16.4. The lowest BCUT2D eigenvalue weighted by Crippen LogP contribution is -2.43.